The third-order valence-corrected chi connectivity index (χ3v) is 8.65. The van der Waals surface area contributed by atoms with E-state index in [-0.39, 0.29) is 17.6 Å². The van der Waals surface area contributed by atoms with E-state index in [2.05, 4.69) is 62.4 Å². The Balaban J connectivity index is 1.39. The number of hydrogen-bond donors (Lipinski definition) is 1. The van der Waals surface area contributed by atoms with Crippen molar-refractivity contribution in [1.29, 1.82) is 0 Å². The molecule has 2 fully saturated rings. The number of ether oxygens (including phenoxy) is 1. The largest absolute Gasteiger partial charge is 0.497 e. The summed E-state index contributed by atoms with van der Waals surface area (Å²) >= 11 is 0. The number of rotatable bonds is 6. The van der Waals surface area contributed by atoms with Gasteiger partial charge in [0.05, 0.1) is 13.2 Å². The highest BCUT2D eigenvalue weighted by Crippen LogP contribution is 2.34. The molecule has 2 aliphatic rings. The maximum atomic E-state index is 13.6. The van der Waals surface area contributed by atoms with Crippen molar-refractivity contribution in [3.8, 4) is 5.75 Å². The van der Waals surface area contributed by atoms with E-state index in [9.17, 15) is 4.79 Å². The number of aryl methyl sites for hydroxylation is 1. The van der Waals surface area contributed by atoms with Gasteiger partial charge in [-0.15, -0.1) is 5.10 Å². The van der Waals surface area contributed by atoms with Gasteiger partial charge in [-0.1, -0.05) is 31.4 Å². The Labute approximate surface area is 228 Å². The van der Waals surface area contributed by atoms with Crippen molar-refractivity contribution in [2.24, 2.45) is 0 Å². The second kappa shape index (κ2) is 10.8. The van der Waals surface area contributed by atoms with Gasteiger partial charge in [0.1, 0.15) is 11.8 Å². The molecule has 39 heavy (non-hydrogen) atoms. The fraction of sp³-hybridized carbons (Fsp3) is 0.467. The summed E-state index contributed by atoms with van der Waals surface area (Å²) in [5, 5.41) is 14.1. The molecule has 3 heterocycles. The number of nitrogens with zero attached hydrogens (tertiary/aromatic N) is 6. The Kier molecular flexibility index (Phi) is 7.08. The van der Waals surface area contributed by atoms with Gasteiger partial charge in [0.2, 0.25) is 0 Å². The van der Waals surface area contributed by atoms with E-state index >= 15 is 0 Å². The number of fused-ring (bicyclic) bond motifs is 1. The molecule has 2 aromatic carbocycles. The van der Waals surface area contributed by atoms with E-state index in [1.165, 1.54) is 36.1 Å². The summed E-state index contributed by atoms with van der Waals surface area (Å²) < 4.78 is 7.48. The minimum atomic E-state index is -0.345. The first kappa shape index (κ1) is 25.6. The fourth-order valence-corrected chi connectivity index (χ4v) is 6.30. The molecule has 1 unspecified atom stereocenters. The van der Waals surface area contributed by atoms with Gasteiger partial charge >= 0.3 is 0 Å². The SMILES string of the molecule is COc1ccc2[nH]c(=O)c(C(c3nnnn3C3CCCCC3)N3CCN(c4cccc(C)c4C)CC3)cc2c1. The smallest absolute Gasteiger partial charge is 0.253 e. The van der Waals surface area contributed by atoms with Crippen LogP contribution in [0.1, 0.15) is 66.7 Å². The van der Waals surface area contributed by atoms with Gasteiger partial charge in [0.15, 0.2) is 5.82 Å². The molecular weight excluding hydrogens is 490 g/mol. The average molecular weight is 528 g/mol. The number of aromatic amines is 1. The Morgan fingerprint density at radius 2 is 1.79 bits per heavy atom. The van der Waals surface area contributed by atoms with Gasteiger partial charge in [-0.3, -0.25) is 9.69 Å². The topological polar surface area (TPSA) is 92.2 Å². The number of benzene rings is 2. The normalized spacial score (nSPS) is 18.0. The van der Waals surface area contributed by atoms with E-state index in [1.807, 2.05) is 28.9 Å². The number of methoxy groups -OCH3 is 1. The Hall–Kier alpha value is -3.72. The van der Waals surface area contributed by atoms with Crippen molar-refractivity contribution >= 4 is 16.6 Å². The molecule has 2 aromatic heterocycles. The van der Waals surface area contributed by atoms with E-state index < -0.39 is 0 Å². The molecule has 1 aliphatic heterocycles. The number of pyridine rings is 1. The van der Waals surface area contributed by atoms with Gasteiger partial charge in [-0.2, -0.15) is 0 Å². The zero-order valence-electron chi connectivity index (χ0n) is 23.1. The van der Waals surface area contributed by atoms with Crippen molar-refractivity contribution in [2.75, 3.05) is 38.2 Å². The molecule has 1 atom stereocenters. The number of aromatic nitrogens is 5. The summed E-state index contributed by atoms with van der Waals surface area (Å²) in [6.45, 7) is 7.69. The number of anilines is 1. The van der Waals surface area contributed by atoms with Crippen LogP contribution in [0.2, 0.25) is 0 Å². The third-order valence-electron chi connectivity index (χ3n) is 8.65. The molecule has 9 heteroatoms. The summed E-state index contributed by atoms with van der Waals surface area (Å²) in [5.74, 6) is 1.51. The van der Waals surface area contributed by atoms with Gasteiger partial charge in [-0.05, 0) is 78.6 Å². The molecule has 4 aromatic rings. The molecule has 204 valence electrons. The van der Waals surface area contributed by atoms with Gasteiger partial charge in [-0.25, -0.2) is 4.68 Å². The van der Waals surface area contributed by atoms with Crippen LogP contribution >= 0.6 is 0 Å². The lowest BCUT2D eigenvalue weighted by Gasteiger charge is -2.40. The lowest BCUT2D eigenvalue weighted by molar-refractivity contribution is 0.192. The van der Waals surface area contributed by atoms with Crippen LogP contribution in [-0.4, -0.2) is 63.4 Å². The molecule has 0 spiro atoms. The van der Waals surface area contributed by atoms with Crippen molar-refractivity contribution in [1.82, 2.24) is 30.1 Å². The number of nitrogens with one attached hydrogen (secondary N) is 1. The maximum Gasteiger partial charge on any atom is 0.253 e. The van der Waals surface area contributed by atoms with Crippen LogP contribution in [-0.2, 0) is 0 Å². The van der Waals surface area contributed by atoms with Crippen LogP contribution in [0.5, 0.6) is 5.75 Å². The molecule has 0 bridgehead atoms. The second-order valence-electron chi connectivity index (χ2n) is 10.9. The molecule has 1 aliphatic carbocycles. The third kappa shape index (κ3) is 4.91. The van der Waals surface area contributed by atoms with Gasteiger partial charge in [0, 0.05) is 48.3 Å². The second-order valence-corrected chi connectivity index (χ2v) is 10.9. The summed E-state index contributed by atoms with van der Waals surface area (Å²) in [7, 11) is 1.66. The number of hydrogen-bond acceptors (Lipinski definition) is 7. The van der Waals surface area contributed by atoms with E-state index in [4.69, 9.17) is 4.74 Å². The van der Waals surface area contributed by atoms with Crippen LogP contribution in [0.3, 0.4) is 0 Å². The Morgan fingerprint density at radius 3 is 2.56 bits per heavy atom. The first-order chi connectivity index (χ1) is 19.0. The van der Waals surface area contributed by atoms with E-state index in [0.717, 1.165) is 61.5 Å². The molecular formula is C30H37N7O2. The summed E-state index contributed by atoms with van der Waals surface area (Å²) in [6, 6.07) is 14.2. The Bertz CT molecular complexity index is 1510. The molecule has 1 N–H and O–H groups in total. The fourth-order valence-electron chi connectivity index (χ4n) is 6.30. The predicted molar refractivity (Wildman–Crippen MR) is 153 cm³/mol. The van der Waals surface area contributed by atoms with Crippen LogP contribution < -0.4 is 15.2 Å². The lowest BCUT2D eigenvalue weighted by atomic mass is 9.95. The summed E-state index contributed by atoms with van der Waals surface area (Å²) in [5.41, 5.74) is 5.26. The quantitative estimate of drug-likeness (QED) is 0.393. The number of piperazine rings is 1. The monoisotopic (exact) mass is 527 g/mol. The van der Waals surface area contributed by atoms with E-state index in [0.29, 0.717) is 5.56 Å². The summed E-state index contributed by atoms with van der Waals surface area (Å²) in [6.07, 6.45) is 5.75. The van der Waals surface area contributed by atoms with E-state index in [1.54, 1.807) is 7.11 Å². The van der Waals surface area contributed by atoms with Crippen molar-refractivity contribution in [3.05, 3.63) is 75.3 Å². The molecule has 1 saturated heterocycles. The van der Waals surface area contributed by atoms with Crippen molar-refractivity contribution in [3.63, 3.8) is 0 Å². The standard InChI is InChI=1S/C30H37N7O2/c1-20-8-7-11-27(21(20)2)35-14-16-36(17-15-35)28(29-32-33-34-37(29)23-9-5-4-6-10-23)25-19-22-18-24(39-3)12-13-26(22)31-30(25)38/h7-8,11-13,18-19,23,28H,4-6,9-10,14-17H2,1-3H3,(H,31,38). The molecule has 6 rings (SSSR count). The molecule has 0 radical (unpaired) electrons. The van der Waals surface area contributed by atoms with Crippen LogP contribution in [0.4, 0.5) is 5.69 Å². The van der Waals surface area contributed by atoms with Crippen molar-refractivity contribution < 1.29 is 4.74 Å². The molecule has 1 saturated carbocycles. The average Bonchev–Trinajstić information content (AvgIpc) is 3.45. The predicted octanol–water partition coefficient (Wildman–Crippen LogP) is 4.56. The van der Waals surface area contributed by atoms with Gasteiger partial charge < -0.3 is 14.6 Å². The highest BCUT2D eigenvalue weighted by Gasteiger charge is 2.34. The van der Waals surface area contributed by atoms with Crippen molar-refractivity contribution in [2.45, 2.75) is 58.0 Å². The first-order valence-electron chi connectivity index (χ1n) is 14.1. The highest BCUT2D eigenvalue weighted by molar-refractivity contribution is 5.80. The first-order valence-corrected chi connectivity index (χ1v) is 14.1. The van der Waals surface area contributed by atoms with Crippen LogP contribution in [0.25, 0.3) is 10.9 Å². The molecule has 0 amide bonds. The van der Waals surface area contributed by atoms with Crippen LogP contribution in [0.15, 0.2) is 47.3 Å². The highest BCUT2D eigenvalue weighted by atomic mass is 16.5. The maximum absolute atomic E-state index is 13.6. The number of H-pyrrole nitrogens is 1. The minimum Gasteiger partial charge on any atom is -0.497 e. The van der Waals surface area contributed by atoms with Crippen LogP contribution in [0, 0.1) is 13.8 Å². The number of tetrazole rings is 1. The zero-order chi connectivity index (χ0) is 26.9. The Morgan fingerprint density at radius 1 is 1.00 bits per heavy atom. The lowest BCUT2D eigenvalue weighted by Crippen LogP contribution is -2.49. The van der Waals surface area contributed by atoms with Gasteiger partial charge in [0.25, 0.3) is 5.56 Å². The summed E-state index contributed by atoms with van der Waals surface area (Å²) in [4.78, 5) is 21.6. The minimum absolute atomic E-state index is 0.104. The molecule has 9 nitrogen and oxygen atoms in total. The zero-order valence-corrected chi connectivity index (χ0v) is 23.1.